The van der Waals surface area contributed by atoms with Crippen LogP contribution in [0.5, 0.6) is 5.88 Å². The predicted octanol–water partition coefficient (Wildman–Crippen LogP) is 1.66. The molecule has 1 aromatic carbocycles. The third-order valence-electron chi connectivity index (χ3n) is 2.26. The van der Waals surface area contributed by atoms with Gasteiger partial charge in [0.15, 0.2) is 0 Å². The Morgan fingerprint density at radius 2 is 2.19 bits per heavy atom. The Hall–Kier alpha value is -2.36. The largest absolute Gasteiger partial charge is 0.493 e. The van der Waals surface area contributed by atoms with Crippen molar-refractivity contribution in [3.8, 4) is 5.88 Å². The molecule has 4 heteroatoms. The molecular formula is C12H10N2O2. The molecule has 80 valence electrons. The van der Waals surface area contributed by atoms with Gasteiger partial charge in [0.25, 0.3) is 0 Å². The molecule has 2 N–H and O–H groups in total. The lowest BCUT2D eigenvalue weighted by Gasteiger charge is -2.06. The van der Waals surface area contributed by atoms with Crippen molar-refractivity contribution in [2.24, 2.45) is 0 Å². The Labute approximate surface area is 92.2 Å². The van der Waals surface area contributed by atoms with E-state index in [1.807, 2.05) is 18.2 Å². The number of benzene rings is 1. The summed E-state index contributed by atoms with van der Waals surface area (Å²) in [7, 11) is 0. The van der Waals surface area contributed by atoms with E-state index in [0.29, 0.717) is 23.2 Å². The fourth-order valence-corrected chi connectivity index (χ4v) is 1.48. The summed E-state index contributed by atoms with van der Waals surface area (Å²) < 4.78 is 0. The zero-order valence-corrected chi connectivity index (χ0v) is 8.47. The molecule has 0 unspecified atom stereocenters. The number of fused-ring (bicyclic) bond motifs is 1. The van der Waals surface area contributed by atoms with Crippen LogP contribution in [0.4, 0.5) is 0 Å². The van der Waals surface area contributed by atoms with Gasteiger partial charge in [-0.05, 0) is 17.5 Å². The summed E-state index contributed by atoms with van der Waals surface area (Å²) in [5.74, 6) is -0.0676. The van der Waals surface area contributed by atoms with Crippen molar-refractivity contribution in [2.75, 3.05) is 0 Å². The SMILES string of the molecule is C=C(NC=O)c1cc2ccccc2c(O)n1. The van der Waals surface area contributed by atoms with Crippen LogP contribution in [0.1, 0.15) is 5.69 Å². The van der Waals surface area contributed by atoms with E-state index in [9.17, 15) is 9.90 Å². The molecule has 0 atom stereocenters. The minimum atomic E-state index is -0.0676. The minimum Gasteiger partial charge on any atom is -0.493 e. The number of hydrogen-bond acceptors (Lipinski definition) is 3. The van der Waals surface area contributed by atoms with Gasteiger partial charge >= 0.3 is 0 Å². The molecule has 2 rings (SSSR count). The number of amides is 1. The van der Waals surface area contributed by atoms with Gasteiger partial charge in [-0.25, -0.2) is 4.98 Å². The average Bonchev–Trinajstić information content (AvgIpc) is 2.29. The second-order valence-electron chi connectivity index (χ2n) is 3.29. The Balaban J connectivity index is 2.57. The van der Waals surface area contributed by atoms with E-state index in [4.69, 9.17) is 0 Å². The summed E-state index contributed by atoms with van der Waals surface area (Å²) in [6, 6.07) is 9.07. The molecule has 1 heterocycles. The number of carbonyl (C=O) groups excluding carboxylic acids is 1. The van der Waals surface area contributed by atoms with E-state index < -0.39 is 0 Å². The Kier molecular flexibility index (Phi) is 2.55. The lowest BCUT2D eigenvalue weighted by molar-refractivity contribution is -0.108. The van der Waals surface area contributed by atoms with Gasteiger partial charge in [0, 0.05) is 5.39 Å². The van der Waals surface area contributed by atoms with Crippen LogP contribution in [0.3, 0.4) is 0 Å². The molecule has 4 nitrogen and oxygen atoms in total. The van der Waals surface area contributed by atoms with Crippen molar-refractivity contribution in [1.29, 1.82) is 0 Å². The zero-order chi connectivity index (χ0) is 11.5. The van der Waals surface area contributed by atoms with Crippen molar-refractivity contribution >= 4 is 22.9 Å². The summed E-state index contributed by atoms with van der Waals surface area (Å²) in [6.07, 6.45) is 0.524. The highest BCUT2D eigenvalue weighted by molar-refractivity contribution is 5.89. The van der Waals surface area contributed by atoms with Crippen molar-refractivity contribution in [2.45, 2.75) is 0 Å². The third-order valence-corrected chi connectivity index (χ3v) is 2.26. The first-order valence-corrected chi connectivity index (χ1v) is 4.70. The fraction of sp³-hybridized carbons (Fsp3) is 0. The predicted molar refractivity (Wildman–Crippen MR) is 61.6 cm³/mol. The molecule has 0 saturated carbocycles. The first kappa shape index (κ1) is 10.2. The van der Waals surface area contributed by atoms with Crippen LogP contribution in [-0.4, -0.2) is 16.5 Å². The summed E-state index contributed by atoms with van der Waals surface area (Å²) in [6.45, 7) is 3.65. The molecular weight excluding hydrogens is 204 g/mol. The van der Waals surface area contributed by atoms with Crippen molar-refractivity contribution in [3.05, 3.63) is 42.6 Å². The molecule has 1 aromatic heterocycles. The molecule has 0 spiro atoms. The maximum absolute atomic E-state index is 10.3. The highest BCUT2D eigenvalue weighted by Crippen LogP contribution is 2.24. The van der Waals surface area contributed by atoms with Gasteiger partial charge in [-0.15, -0.1) is 0 Å². The summed E-state index contributed by atoms with van der Waals surface area (Å²) >= 11 is 0. The first-order chi connectivity index (χ1) is 7.72. The van der Waals surface area contributed by atoms with Gasteiger partial charge in [0.1, 0.15) is 0 Å². The molecule has 0 radical (unpaired) electrons. The van der Waals surface area contributed by atoms with Gasteiger partial charge in [0.2, 0.25) is 12.3 Å². The minimum absolute atomic E-state index is 0.0676. The quantitative estimate of drug-likeness (QED) is 0.764. The maximum atomic E-state index is 10.3. The number of carbonyl (C=O) groups is 1. The van der Waals surface area contributed by atoms with E-state index in [-0.39, 0.29) is 5.88 Å². The zero-order valence-electron chi connectivity index (χ0n) is 8.47. The van der Waals surface area contributed by atoms with Crippen LogP contribution >= 0.6 is 0 Å². The van der Waals surface area contributed by atoms with Crippen LogP contribution in [0.2, 0.25) is 0 Å². The monoisotopic (exact) mass is 214 g/mol. The fourth-order valence-electron chi connectivity index (χ4n) is 1.48. The normalized spacial score (nSPS) is 10.0. The average molecular weight is 214 g/mol. The Morgan fingerprint density at radius 1 is 1.44 bits per heavy atom. The Bertz CT molecular complexity index is 564. The lowest BCUT2D eigenvalue weighted by atomic mass is 10.1. The number of aromatic nitrogens is 1. The van der Waals surface area contributed by atoms with E-state index in [1.165, 1.54) is 0 Å². The summed E-state index contributed by atoms with van der Waals surface area (Å²) in [5, 5.41) is 13.6. The molecule has 16 heavy (non-hydrogen) atoms. The van der Waals surface area contributed by atoms with Crippen molar-refractivity contribution < 1.29 is 9.90 Å². The number of nitrogens with zero attached hydrogens (tertiary/aromatic N) is 1. The number of aromatic hydroxyl groups is 1. The second-order valence-corrected chi connectivity index (χ2v) is 3.29. The standard InChI is InChI=1S/C12H10N2O2/c1-8(13-7-15)11-6-9-4-2-3-5-10(9)12(16)14-11/h2-7H,1H2,(H,13,15)(H,14,16). The molecule has 0 aliphatic rings. The Morgan fingerprint density at radius 3 is 2.94 bits per heavy atom. The van der Waals surface area contributed by atoms with Crippen molar-refractivity contribution in [1.82, 2.24) is 10.3 Å². The van der Waals surface area contributed by atoms with E-state index in [0.717, 1.165) is 5.39 Å². The van der Waals surface area contributed by atoms with Gasteiger partial charge in [-0.2, -0.15) is 0 Å². The van der Waals surface area contributed by atoms with Crippen LogP contribution in [0.15, 0.2) is 36.9 Å². The summed E-state index contributed by atoms with van der Waals surface area (Å²) in [4.78, 5) is 14.2. The number of rotatable bonds is 3. The maximum Gasteiger partial charge on any atom is 0.219 e. The molecule has 1 amide bonds. The van der Waals surface area contributed by atoms with Gasteiger partial charge < -0.3 is 10.4 Å². The van der Waals surface area contributed by atoms with Crippen molar-refractivity contribution in [3.63, 3.8) is 0 Å². The van der Waals surface area contributed by atoms with Crippen LogP contribution in [0.25, 0.3) is 16.5 Å². The molecule has 0 aliphatic carbocycles. The number of pyridine rings is 1. The molecule has 0 aliphatic heterocycles. The van der Waals surface area contributed by atoms with Gasteiger partial charge in [-0.1, -0.05) is 24.8 Å². The summed E-state index contributed by atoms with van der Waals surface area (Å²) in [5.41, 5.74) is 0.805. The molecule has 0 bridgehead atoms. The topological polar surface area (TPSA) is 62.2 Å². The number of nitrogens with one attached hydrogen (secondary N) is 1. The number of hydrogen-bond donors (Lipinski definition) is 2. The smallest absolute Gasteiger partial charge is 0.219 e. The van der Waals surface area contributed by atoms with Gasteiger partial charge in [-0.3, -0.25) is 4.79 Å². The molecule has 2 aromatic rings. The highest BCUT2D eigenvalue weighted by Gasteiger charge is 2.06. The van der Waals surface area contributed by atoms with Crippen LogP contribution in [0, 0.1) is 0 Å². The highest BCUT2D eigenvalue weighted by atomic mass is 16.3. The van der Waals surface area contributed by atoms with E-state index >= 15 is 0 Å². The van der Waals surface area contributed by atoms with Crippen LogP contribution < -0.4 is 5.32 Å². The van der Waals surface area contributed by atoms with E-state index in [1.54, 1.807) is 12.1 Å². The van der Waals surface area contributed by atoms with Gasteiger partial charge in [0.05, 0.1) is 11.4 Å². The second kappa shape index (κ2) is 4.02. The van der Waals surface area contributed by atoms with Crippen LogP contribution in [-0.2, 0) is 4.79 Å². The molecule has 0 saturated heterocycles. The first-order valence-electron chi connectivity index (χ1n) is 4.70. The molecule has 0 fully saturated rings. The lowest BCUT2D eigenvalue weighted by Crippen LogP contribution is -2.08. The van der Waals surface area contributed by atoms with E-state index in [2.05, 4.69) is 16.9 Å². The third kappa shape index (κ3) is 1.72.